The average molecular weight is 344 g/mol. The van der Waals surface area contributed by atoms with Gasteiger partial charge in [0.2, 0.25) is 0 Å². The van der Waals surface area contributed by atoms with E-state index in [1.54, 1.807) is 6.20 Å². The zero-order valence-corrected chi connectivity index (χ0v) is 13.9. The summed E-state index contributed by atoms with van der Waals surface area (Å²) in [5, 5.41) is 4.48. The molecule has 0 bridgehead atoms. The van der Waals surface area contributed by atoms with Crippen LogP contribution in [-0.2, 0) is 0 Å². The van der Waals surface area contributed by atoms with Crippen molar-refractivity contribution >= 4 is 40.7 Å². The van der Waals surface area contributed by atoms with Gasteiger partial charge in [0.1, 0.15) is 22.9 Å². The van der Waals surface area contributed by atoms with Gasteiger partial charge in [0.25, 0.3) is 0 Å². The normalized spacial score (nSPS) is 10.5. The Balaban J connectivity index is 1.83. The number of halogens is 1. The van der Waals surface area contributed by atoms with Crippen molar-refractivity contribution in [2.45, 2.75) is 16.8 Å². The second-order valence-corrected chi connectivity index (χ2v) is 6.34. The number of aromatic nitrogens is 3. The van der Waals surface area contributed by atoms with E-state index in [-0.39, 0.29) is 0 Å². The molecule has 0 aliphatic carbocycles. The third kappa shape index (κ3) is 3.91. The molecule has 116 valence electrons. The van der Waals surface area contributed by atoms with Gasteiger partial charge in [0.15, 0.2) is 5.82 Å². The van der Waals surface area contributed by atoms with Crippen LogP contribution in [0.1, 0.15) is 5.56 Å². The zero-order chi connectivity index (χ0) is 16.2. The molecule has 23 heavy (non-hydrogen) atoms. The fraction of sp³-hybridized carbons (Fsp3) is 0.0625. The minimum absolute atomic E-state index is 0.481. The van der Waals surface area contributed by atoms with Crippen LogP contribution in [0.5, 0.6) is 0 Å². The highest BCUT2D eigenvalue weighted by atomic mass is 35.5. The lowest BCUT2D eigenvalue weighted by molar-refractivity contribution is 1.05. The third-order valence-corrected chi connectivity index (χ3v) is 4.31. The first kappa shape index (κ1) is 15.6. The Morgan fingerprint density at radius 1 is 1.04 bits per heavy atom. The van der Waals surface area contributed by atoms with Gasteiger partial charge in [-0.25, -0.2) is 15.0 Å². The molecule has 0 aliphatic rings. The van der Waals surface area contributed by atoms with E-state index < -0.39 is 0 Å². The Morgan fingerprint density at radius 3 is 2.52 bits per heavy atom. The molecule has 2 heterocycles. The molecule has 0 aliphatic heterocycles. The first-order valence-electron chi connectivity index (χ1n) is 6.85. The van der Waals surface area contributed by atoms with Gasteiger partial charge in [-0.15, -0.1) is 0 Å². The SMILES string of the molecule is Cc1ccc(Nc2ncnc(Sc3ccc(Cl)cc3)c2N)nc1. The van der Waals surface area contributed by atoms with Gasteiger partial charge in [0.05, 0.1) is 0 Å². The van der Waals surface area contributed by atoms with E-state index in [9.17, 15) is 0 Å². The second-order valence-electron chi connectivity index (χ2n) is 4.84. The van der Waals surface area contributed by atoms with E-state index in [0.717, 1.165) is 10.5 Å². The molecule has 3 N–H and O–H groups in total. The molecule has 0 spiro atoms. The topological polar surface area (TPSA) is 76.7 Å². The van der Waals surface area contributed by atoms with E-state index >= 15 is 0 Å². The van der Waals surface area contributed by atoms with Crippen molar-refractivity contribution in [1.82, 2.24) is 15.0 Å². The molecule has 2 aromatic heterocycles. The highest BCUT2D eigenvalue weighted by Gasteiger charge is 2.10. The Morgan fingerprint density at radius 2 is 1.83 bits per heavy atom. The lowest BCUT2D eigenvalue weighted by Gasteiger charge is -2.10. The Hall–Kier alpha value is -2.31. The molecule has 3 rings (SSSR count). The molecule has 3 aromatic rings. The molecule has 0 atom stereocenters. The molecule has 0 radical (unpaired) electrons. The zero-order valence-electron chi connectivity index (χ0n) is 12.3. The maximum atomic E-state index is 6.18. The number of benzene rings is 1. The van der Waals surface area contributed by atoms with Crippen LogP contribution < -0.4 is 11.1 Å². The quantitative estimate of drug-likeness (QED) is 0.687. The predicted molar refractivity (Wildman–Crippen MR) is 94.3 cm³/mol. The highest BCUT2D eigenvalue weighted by molar-refractivity contribution is 7.99. The van der Waals surface area contributed by atoms with Crippen molar-refractivity contribution in [2.75, 3.05) is 11.1 Å². The number of nitrogens with two attached hydrogens (primary N) is 1. The van der Waals surface area contributed by atoms with Crippen LogP contribution in [0.25, 0.3) is 0 Å². The van der Waals surface area contributed by atoms with Crippen LogP contribution in [0.15, 0.2) is 58.8 Å². The highest BCUT2D eigenvalue weighted by Crippen LogP contribution is 2.34. The van der Waals surface area contributed by atoms with Gasteiger partial charge >= 0.3 is 0 Å². The number of pyridine rings is 1. The van der Waals surface area contributed by atoms with Crippen LogP contribution >= 0.6 is 23.4 Å². The molecular formula is C16H14ClN5S. The smallest absolute Gasteiger partial charge is 0.159 e. The lowest BCUT2D eigenvalue weighted by atomic mass is 10.3. The summed E-state index contributed by atoms with van der Waals surface area (Å²) in [6.07, 6.45) is 3.26. The first-order valence-corrected chi connectivity index (χ1v) is 8.05. The van der Waals surface area contributed by atoms with Crippen molar-refractivity contribution in [3.05, 3.63) is 59.5 Å². The fourth-order valence-corrected chi connectivity index (χ4v) is 2.77. The van der Waals surface area contributed by atoms with Crippen LogP contribution in [0.3, 0.4) is 0 Å². The van der Waals surface area contributed by atoms with E-state index in [1.165, 1.54) is 18.1 Å². The summed E-state index contributed by atoms with van der Waals surface area (Å²) >= 11 is 7.35. The number of nitrogens with one attached hydrogen (secondary N) is 1. The van der Waals surface area contributed by atoms with Crippen molar-refractivity contribution in [3.8, 4) is 0 Å². The standard InChI is InChI=1S/C16H14ClN5S/c1-10-2-7-13(19-8-10)22-15-14(18)16(21-9-20-15)23-12-5-3-11(17)4-6-12/h2-9H,18H2,1H3,(H,19,20,21,22). The fourth-order valence-electron chi connectivity index (χ4n) is 1.84. The van der Waals surface area contributed by atoms with Crippen LogP contribution in [0.2, 0.25) is 5.02 Å². The Labute approximate surface area is 143 Å². The molecule has 7 heteroatoms. The van der Waals surface area contributed by atoms with Gasteiger partial charge in [-0.3, -0.25) is 0 Å². The Bertz CT molecular complexity index is 740. The number of aryl methyl sites for hydroxylation is 1. The first-order chi connectivity index (χ1) is 11.1. The summed E-state index contributed by atoms with van der Waals surface area (Å²) in [6.45, 7) is 1.98. The van der Waals surface area contributed by atoms with E-state index in [2.05, 4.69) is 20.3 Å². The van der Waals surface area contributed by atoms with Crippen LogP contribution in [-0.4, -0.2) is 15.0 Å². The van der Waals surface area contributed by atoms with E-state index in [1.807, 2.05) is 43.3 Å². The summed E-state index contributed by atoms with van der Waals surface area (Å²) in [5.41, 5.74) is 7.75. The monoisotopic (exact) mass is 343 g/mol. The van der Waals surface area contributed by atoms with Gasteiger partial charge in [-0.05, 0) is 42.8 Å². The van der Waals surface area contributed by atoms with Crippen molar-refractivity contribution in [1.29, 1.82) is 0 Å². The number of nitrogens with zero attached hydrogens (tertiary/aromatic N) is 3. The Kier molecular flexibility index (Phi) is 4.64. The average Bonchev–Trinajstić information content (AvgIpc) is 2.55. The molecule has 1 aromatic carbocycles. The number of hydrogen-bond acceptors (Lipinski definition) is 6. The number of hydrogen-bond donors (Lipinski definition) is 2. The molecule has 0 saturated carbocycles. The van der Waals surface area contributed by atoms with Crippen molar-refractivity contribution in [2.24, 2.45) is 0 Å². The van der Waals surface area contributed by atoms with Gasteiger partial charge in [-0.2, -0.15) is 0 Å². The third-order valence-electron chi connectivity index (χ3n) is 3.03. The molecule has 0 saturated heterocycles. The molecule has 5 nitrogen and oxygen atoms in total. The maximum Gasteiger partial charge on any atom is 0.159 e. The largest absolute Gasteiger partial charge is 0.394 e. The summed E-state index contributed by atoms with van der Waals surface area (Å²) in [6, 6.07) is 11.3. The molecule has 0 unspecified atom stereocenters. The lowest BCUT2D eigenvalue weighted by Crippen LogP contribution is -2.03. The maximum absolute atomic E-state index is 6.18. The van der Waals surface area contributed by atoms with Gasteiger partial charge in [-0.1, -0.05) is 29.4 Å². The van der Waals surface area contributed by atoms with E-state index in [0.29, 0.717) is 27.4 Å². The van der Waals surface area contributed by atoms with Crippen LogP contribution in [0, 0.1) is 6.92 Å². The van der Waals surface area contributed by atoms with Gasteiger partial charge in [0, 0.05) is 16.1 Å². The number of nitrogen functional groups attached to an aromatic ring is 1. The van der Waals surface area contributed by atoms with Crippen molar-refractivity contribution in [3.63, 3.8) is 0 Å². The summed E-state index contributed by atoms with van der Waals surface area (Å²) in [7, 11) is 0. The number of rotatable bonds is 4. The van der Waals surface area contributed by atoms with Gasteiger partial charge < -0.3 is 11.1 Å². The summed E-state index contributed by atoms with van der Waals surface area (Å²) in [5.74, 6) is 1.22. The second kappa shape index (κ2) is 6.85. The molecule has 0 amide bonds. The van der Waals surface area contributed by atoms with Crippen molar-refractivity contribution < 1.29 is 0 Å². The molecular weight excluding hydrogens is 330 g/mol. The summed E-state index contributed by atoms with van der Waals surface area (Å²) in [4.78, 5) is 13.7. The van der Waals surface area contributed by atoms with E-state index in [4.69, 9.17) is 17.3 Å². The number of anilines is 3. The predicted octanol–water partition coefficient (Wildman–Crippen LogP) is 4.31. The minimum atomic E-state index is 0.481. The minimum Gasteiger partial charge on any atom is -0.394 e. The molecule has 0 fully saturated rings. The van der Waals surface area contributed by atoms with Crippen LogP contribution in [0.4, 0.5) is 17.3 Å². The summed E-state index contributed by atoms with van der Waals surface area (Å²) < 4.78 is 0.